The Morgan fingerprint density at radius 3 is 2.29 bits per heavy atom. The Balaban J connectivity index is 2.04. The van der Waals surface area contributed by atoms with Gasteiger partial charge < -0.3 is 10.8 Å². The van der Waals surface area contributed by atoms with Crippen LogP contribution in [0.25, 0.3) is 0 Å². The largest absolute Gasteiger partial charge is 0.416 e. The van der Waals surface area contributed by atoms with Gasteiger partial charge in [0.25, 0.3) is 0 Å². The first-order chi connectivity index (χ1) is 9.90. The van der Waals surface area contributed by atoms with Gasteiger partial charge in [-0.15, -0.1) is 0 Å². The summed E-state index contributed by atoms with van der Waals surface area (Å²) in [6.45, 7) is 3.90. The number of β-amino-alcohol motifs (C(OH)–C–C–N with tert-alkyl or cyclic N) is 1. The van der Waals surface area contributed by atoms with Gasteiger partial charge in [0.15, 0.2) is 0 Å². The third-order valence-corrected chi connectivity index (χ3v) is 3.71. The van der Waals surface area contributed by atoms with Crippen LogP contribution in [0.15, 0.2) is 18.2 Å². The maximum atomic E-state index is 13.0. The van der Waals surface area contributed by atoms with Gasteiger partial charge in [-0.05, 0) is 17.7 Å². The van der Waals surface area contributed by atoms with E-state index >= 15 is 0 Å². The molecule has 1 heterocycles. The summed E-state index contributed by atoms with van der Waals surface area (Å²) < 4.78 is 39.1. The summed E-state index contributed by atoms with van der Waals surface area (Å²) in [6, 6.07) is 3.96. The molecule has 0 saturated carbocycles. The molecule has 1 aromatic rings. The van der Waals surface area contributed by atoms with Crippen molar-refractivity contribution in [1.29, 1.82) is 0 Å². The highest BCUT2D eigenvalue weighted by Gasteiger charge is 2.34. The number of hydrogen-bond acceptors (Lipinski definition) is 4. The molecule has 0 radical (unpaired) electrons. The molecule has 1 aliphatic rings. The highest BCUT2D eigenvalue weighted by atomic mass is 19.4. The summed E-state index contributed by atoms with van der Waals surface area (Å²) in [7, 11) is 0. The first-order valence-electron chi connectivity index (χ1n) is 6.91. The van der Waals surface area contributed by atoms with E-state index in [1.54, 1.807) is 0 Å². The van der Waals surface area contributed by atoms with Gasteiger partial charge in [0, 0.05) is 45.0 Å². The number of rotatable bonds is 4. The Kier molecular flexibility index (Phi) is 5.08. The number of aliphatic hydroxyl groups is 1. The van der Waals surface area contributed by atoms with Crippen molar-refractivity contribution >= 4 is 5.69 Å². The number of anilines is 1. The smallest absolute Gasteiger partial charge is 0.399 e. The lowest BCUT2D eigenvalue weighted by molar-refractivity contribution is -0.138. The minimum Gasteiger partial charge on any atom is -0.399 e. The molecule has 21 heavy (non-hydrogen) atoms. The molecule has 0 amide bonds. The Morgan fingerprint density at radius 2 is 1.71 bits per heavy atom. The average molecular weight is 303 g/mol. The topological polar surface area (TPSA) is 52.7 Å². The first-order valence-corrected chi connectivity index (χ1v) is 6.91. The molecule has 1 fully saturated rings. The maximum Gasteiger partial charge on any atom is 0.416 e. The van der Waals surface area contributed by atoms with Crippen LogP contribution in [0.4, 0.5) is 18.9 Å². The molecule has 0 bridgehead atoms. The Bertz CT molecular complexity index is 471. The van der Waals surface area contributed by atoms with E-state index in [4.69, 9.17) is 10.8 Å². The maximum absolute atomic E-state index is 13.0. The van der Waals surface area contributed by atoms with Gasteiger partial charge in [-0.25, -0.2) is 0 Å². The van der Waals surface area contributed by atoms with E-state index in [2.05, 4.69) is 4.90 Å². The van der Waals surface area contributed by atoms with Gasteiger partial charge in [-0.3, -0.25) is 9.80 Å². The highest BCUT2D eigenvalue weighted by molar-refractivity contribution is 5.46. The van der Waals surface area contributed by atoms with Crippen LogP contribution in [-0.4, -0.2) is 54.2 Å². The molecule has 4 nitrogen and oxygen atoms in total. The Hall–Kier alpha value is -1.31. The van der Waals surface area contributed by atoms with Gasteiger partial charge in [0.05, 0.1) is 12.2 Å². The number of aliphatic hydroxyl groups excluding tert-OH is 1. The van der Waals surface area contributed by atoms with E-state index in [-0.39, 0.29) is 24.4 Å². The highest BCUT2D eigenvalue weighted by Crippen LogP contribution is 2.33. The number of alkyl halides is 3. The monoisotopic (exact) mass is 303 g/mol. The second kappa shape index (κ2) is 6.64. The van der Waals surface area contributed by atoms with Crippen LogP contribution in [0, 0.1) is 0 Å². The number of piperazine rings is 1. The van der Waals surface area contributed by atoms with Gasteiger partial charge in [0.1, 0.15) is 0 Å². The molecular weight excluding hydrogens is 283 g/mol. The molecular formula is C14H20F3N3O. The first kappa shape index (κ1) is 16.1. The molecule has 1 aliphatic heterocycles. The van der Waals surface area contributed by atoms with Gasteiger partial charge >= 0.3 is 6.18 Å². The van der Waals surface area contributed by atoms with Crippen molar-refractivity contribution in [2.24, 2.45) is 0 Å². The van der Waals surface area contributed by atoms with Crippen molar-refractivity contribution in [3.63, 3.8) is 0 Å². The number of benzene rings is 1. The van der Waals surface area contributed by atoms with Gasteiger partial charge in [-0.1, -0.05) is 6.07 Å². The van der Waals surface area contributed by atoms with E-state index in [1.807, 2.05) is 4.90 Å². The molecule has 7 heteroatoms. The van der Waals surface area contributed by atoms with Crippen LogP contribution in [0.5, 0.6) is 0 Å². The van der Waals surface area contributed by atoms with Crippen molar-refractivity contribution in [3.05, 3.63) is 29.3 Å². The van der Waals surface area contributed by atoms with Crippen LogP contribution in [0.2, 0.25) is 0 Å². The molecule has 118 valence electrons. The normalized spacial score (nSPS) is 18.1. The van der Waals surface area contributed by atoms with Crippen molar-refractivity contribution in [1.82, 2.24) is 9.80 Å². The van der Waals surface area contributed by atoms with Crippen molar-refractivity contribution in [2.45, 2.75) is 12.7 Å². The average Bonchev–Trinajstić information content (AvgIpc) is 2.42. The third-order valence-electron chi connectivity index (χ3n) is 3.71. The number of hydrogen-bond donors (Lipinski definition) is 2. The molecule has 0 aromatic heterocycles. The standard InChI is InChI=1S/C14H20F3N3O/c15-14(16,17)13-9-12(18)2-1-11(13)10-20-5-3-19(4-6-20)7-8-21/h1-2,9,21H,3-8,10,18H2. The van der Waals surface area contributed by atoms with Crippen molar-refractivity contribution < 1.29 is 18.3 Å². The van der Waals surface area contributed by atoms with Gasteiger partial charge in [0.2, 0.25) is 0 Å². The second-order valence-electron chi connectivity index (χ2n) is 5.26. The minimum absolute atomic E-state index is 0.107. The molecule has 1 aromatic carbocycles. The lowest BCUT2D eigenvalue weighted by Gasteiger charge is -2.34. The molecule has 0 unspecified atom stereocenters. The lowest BCUT2D eigenvalue weighted by atomic mass is 10.1. The van der Waals surface area contributed by atoms with E-state index in [9.17, 15) is 13.2 Å². The predicted molar refractivity (Wildman–Crippen MR) is 74.7 cm³/mol. The SMILES string of the molecule is Nc1ccc(CN2CCN(CCO)CC2)c(C(F)(F)F)c1. The van der Waals surface area contributed by atoms with Crippen molar-refractivity contribution in [2.75, 3.05) is 45.1 Å². The fourth-order valence-electron chi connectivity index (χ4n) is 2.55. The van der Waals surface area contributed by atoms with Crippen molar-refractivity contribution in [3.8, 4) is 0 Å². The summed E-state index contributed by atoms with van der Waals surface area (Å²) in [6.07, 6.45) is -4.39. The zero-order chi connectivity index (χ0) is 15.5. The molecule has 1 saturated heterocycles. The summed E-state index contributed by atoms with van der Waals surface area (Å²) in [5, 5.41) is 8.88. The fourth-order valence-corrected chi connectivity index (χ4v) is 2.55. The zero-order valence-corrected chi connectivity index (χ0v) is 11.7. The third kappa shape index (κ3) is 4.33. The summed E-state index contributed by atoms with van der Waals surface area (Å²) in [4.78, 5) is 4.10. The molecule has 3 N–H and O–H groups in total. The van der Waals surface area contributed by atoms with E-state index in [1.165, 1.54) is 12.1 Å². The molecule has 0 spiro atoms. The van der Waals surface area contributed by atoms with Crippen LogP contribution < -0.4 is 5.73 Å². The van der Waals surface area contributed by atoms with E-state index in [0.717, 1.165) is 19.2 Å². The van der Waals surface area contributed by atoms with Crippen LogP contribution in [0.1, 0.15) is 11.1 Å². The lowest BCUT2D eigenvalue weighted by Crippen LogP contribution is -2.46. The quantitative estimate of drug-likeness (QED) is 0.826. The van der Waals surface area contributed by atoms with Gasteiger partial charge in [-0.2, -0.15) is 13.2 Å². The second-order valence-corrected chi connectivity index (χ2v) is 5.26. The number of nitrogens with two attached hydrogens (primary N) is 1. The molecule has 2 rings (SSSR count). The summed E-state index contributed by atoms with van der Waals surface area (Å²) in [5.41, 5.74) is 5.19. The summed E-state index contributed by atoms with van der Waals surface area (Å²) >= 11 is 0. The van der Waals surface area contributed by atoms with Crippen LogP contribution in [0.3, 0.4) is 0 Å². The molecule has 0 aliphatic carbocycles. The van der Waals surface area contributed by atoms with E-state index < -0.39 is 11.7 Å². The Morgan fingerprint density at radius 1 is 1.10 bits per heavy atom. The van der Waals surface area contributed by atoms with E-state index in [0.29, 0.717) is 19.6 Å². The zero-order valence-electron chi connectivity index (χ0n) is 11.7. The number of nitrogen functional groups attached to an aromatic ring is 1. The minimum atomic E-state index is -4.39. The molecule has 0 atom stereocenters. The Labute approximate surface area is 121 Å². The van der Waals surface area contributed by atoms with Crippen LogP contribution >= 0.6 is 0 Å². The number of halogens is 3. The number of nitrogens with zero attached hydrogens (tertiary/aromatic N) is 2. The fraction of sp³-hybridized carbons (Fsp3) is 0.571. The predicted octanol–water partition coefficient (Wildman–Crippen LogP) is 1.40. The summed E-state index contributed by atoms with van der Waals surface area (Å²) in [5.74, 6) is 0. The van der Waals surface area contributed by atoms with Crippen LogP contribution in [-0.2, 0) is 12.7 Å².